The third kappa shape index (κ3) is 1.45. The first-order chi connectivity index (χ1) is 5.29. The molecule has 0 spiro atoms. The van der Waals surface area contributed by atoms with Crippen LogP contribution in [0.3, 0.4) is 0 Å². The van der Waals surface area contributed by atoms with Gasteiger partial charge in [0.05, 0.1) is 5.37 Å². The molecule has 0 aromatic heterocycles. The van der Waals surface area contributed by atoms with Crippen molar-refractivity contribution in [2.45, 2.75) is 25.1 Å². The molecule has 60 valence electrons. The lowest BCUT2D eigenvalue weighted by Gasteiger charge is -2.32. The summed E-state index contributed by atoms with van der Waals surface area (Å²) in [6.45, 7) is 2.32. The van der Waals surface area contributed by atoms with Gasteiger partial charge < -0.3 is 0 Å². The van der Waals surface area contributed by atoms with E-state index in [1.54, 1.807) is 0 Å². The van der Waals surface area contributed by atoms with Crippen LogP contribution in [-0.2, 0) is 0 Å². The van der Waals surface area contributed by atoms with Crippen LogP contribution in [0.25, 0.3) is 0 Å². The van der Waals surface area contributed by atoms with E-state index in [-0.39, 0.29) is 0 Å². The number of rotatable bonds is 2. The van der Waals surface area contributed by atoms with Crippen molar-refractivity contribution in [3.63, 3.8) is 0 Å². The molecule has 0 saturated heterocycles. The predicted octanol–water partition coefficient (Wildman–Crippen LogP) is 2.02. The monoisotopic (exact) mass is 167 g/mol. The van der Waals surface area contributed by atoms with E-state index in [0.717, 1.165) is 0 Å². The van der Waals surface area contributed by atoms with Gasteiger partial charge in [0.1, 0.15) is 0 Å². The van der Waals surface area contributed by atoms with Crippen LogP contribution in [0, 0.1) is 5.41 Å². The molecule has 1 heterocycles. The molecule has 2 atom stereocenters. The Morgan fingerprint density at radius 2 is 2.55 bits per heavy atom. The van der Waals surface area contributed by atoms with Crippen LogP contribution in [0.1, 0.15) is 19.8 Å². The number of hydrogen-bond donors (Lipinski definition) is 1. The Kier molecular flexibility index (Phi) is 1.72. The molecular weight excluding hydrogens is 154 g/mol. The molecule has 0 N–H and O–H groups in total. The van der Waals surface area contributed by atoms with Crippen LogP contribution in [0.15, 0.2) is 17.1 Å². The fourth-order valence-electron chi connectivity index (χ4n) is 1.51. The highest BCUT2D eigenvalue weighted by Crippen LogP contribution is 2.39. The van der Waals surface area contributed by atoms with E-state index in [1.165, 1.54) is 24.2 Å². The average molecular weight is 167 g/mol. The molecule has 2 heteroatoms. The number of hydrogen-bond acceptors (Lipinski definition) is 1. The SMILES string of the molecule is C[C@@]1(CC2N=CC=[SH]2)C=CC1. The standard InChI is InChI=1S/C9H13NS/c1-9(3-2-4-9)7-8-10-5-6-11-8/h2-3,5-6,8,11H,4,7H2,1H3/t8?,9-/m1/s1. The van der Waals surface area contributed by atoms with Crippen molar-refractivity contribution in [3.05, 3.63) is 12.2 Å². The zero-order valence-electron chi connectivity index (χ0n) is 6.70. The zero-order valence-corrected chi connectivity index (χ0v) is 7.59. The maximum Gasteiger partial charge on any atom is 0.0887 e. The van der Waals surface area contributed by atoms with Crippen molar-refractivity contribution in [2.24, 2.45) is 10.4 Å². The Balaban J connectivity index is 1.95. The summed E-state index contributed by atoms with van der Waals surface area (Å²) in [4.78, 5) is 4.38. The van der Waals surface area contributed by atoms with Crippen molar-refractivity contribution in [2.75, 3.05) is 0 Å². The molecule has 0 aromatic carbocycles. The summed E-state index contributed by atoms with van der Waals surface area (Å²) in [7, 11) is 0. The van der Waals surface area contributed by atoms with Gasteiger partial charge in [-0.2, -0.15) is 11.4 Å². The fraction of sp³-hybridized carbons (Fsp3) is 0.556. The van der Waals surface area contributed by atoms with Gasteiger partial charge in [-0.05, 0) is 23.6 Å². The van der Waals surface area contributed by atoms with Crippen LogP contribution in [-0.4, -0.2) is 17.0 Å². The first kappa shape index (κ1) is 7.29. The Morgan fingerprint density at radius 3 is 3.00 bits per heavy atom. The van der Waals surface area contributed by atoms with Gasteiger partial charge in [-0.1, -0.05) is 19.1 Å². The van der Waals surface area contributed by atoms with E-state index in [1.807, 2.05) is 6.21 Å². The molecule has 0 bridgehead atoms. The summed E-state index contributed by atoms with van der Waals surface area (Å²) >= 11 is 1.38. The third-order valence-electron chi connectivity index (χ3n) is 2.34. The van der Waals surface area contributed by atoms with Gasteiger partial charge in [0.25, 0.3) is 0 Å². The highest BCUT2D eigenvalue weighted by molar-refractivity contribution is 7.99. The van der Waals surface area contributed by atoms with Crippen LogP contribution in [0.4, 0.5) is 0 Å². The molecule has 11 heavy (non-hydrogen) atoms. The molecule has 0 amide bonds. The van der Waals surface area contributed by atoms with Crippen LogP contribution in [0.2, 0.25) is 0 Å². The predicted molar refractivity (Wildman–Crippen MR) is 53.8 cm³/mol. The second kappa shape index (κ2) is 2.59. The van der Waals surface area contributed by atoms with E-state index in [9.17, 15) is 0 Å². The summed E-state index contributed by atoms with van der Waals surface area (Å²) in [5.41, 5.74) is 0.465. The molecule has 2 rings (SSSR count). The lowest BCUT2D eigenvalue weighted by molar-refractivity contribution is 0.359. The second-order valence-electron chi connectivity index (χ2n) is 3.54. The van der Waals surface area contributed by atoms with Gasteiger partial charge in [0, 0.05) is 6.21 Å². The van der Waals surface area contributed by atoms with Crippen molar-refractivity contribution in [1.29, 1.82) is 0 Å². The summed E-state index contributed by atoms with van der Waals surface area (Å²) in [6, 6.07) is 0. The number of nitrogens with zero attached hydrogens (tertiary/aromatic N) is 1. The quantitative estimate of drug-likeness (QED) is 0.367. The molecule has 0 radical (unpaired) electrons. The normalized spacial score (nSPS) is 40.3. The van der Waals surface area contributed by atoms with Gasteiger partial charge >= 0.3 is 0 Å². The van der Waals surface area contributed by atoms with E-state index in [2.05, 4.69) is 29.4 Å². The average Bonchev–Trinajstić information content (AvgIpc) is 2.36. The smallest absolute Gasteiger partial charge is 0.0887 e. The topological polar surface area (TPSA) is 12.4 Å². The minimum absolute atomic E-state index is 0.465. The second-order valence-corrected chi connectivity index (χ2v) is 4.73. The van der Waals surface area contributed by atoms with E-state index in [4.69, 9.17) is 0 Å². The molecule has 0 fully saturated rings. The third-order valence-corrected chi connectivity index (χ3v) is 3.30. The molecule has 1 aliphatic carbocycles. The van der Waals surface area contributed by atoms with Gasteiger partial charge in [-0.3, -0.25) is 4.99 Å². The highest BCUT2D eigenvalue weighted by Gasteiger charge is 2.28. The minimum Gasteiger partial charge on any atom is -0.279 e. The maximum absolute atomic E-state index is 4.38. The van der Waals surface area contributed by atoms with Gasteiger partial charge in [0.2, 0.25) is 0 Å². The van der Waals surface area contributed by atoms with Gasteiger partial charge in [-0.25, -0.2) is 0 Å². The molecule has 0 aromatic rings. The minimum atomic E-state index is 0.465. The Labute approximate surface area is 71.2 Å². The Bertz CT molecular complexity index is 230. The lowest BCUT2D eigenvalue weighted by atomic mass is 9.75. The van der Waals surface area contributed by atoms with Gasteiger partial charge in [0.15, 0.2) is 0 Å². The summed E-state index contributed by atoms with van der Waals surface area (Å²) in [5, 5.41) is 2.68. The molecule has 2 aliphatic rings. The van der Waals surface area contributed by atoms with Crippen LogP contribution < -0.4 is 0 Å². The van der Waals surface area contributed by atoms with E-state index >= 15 is 0 Å². The lowest BCUT2D eigenvalue weighted by Crippen LogP contribution is -2.22. The number of thiol groups is 1. The molecular formula is C9H13NS. The van der Waals surface area contributed by atoms with Crippen molar-refractivity contribution >= 4 is 22.9 Å². The van der Waals surface area contributed by atoms with Crippen molar-refractivity contribution < 1.29 is 0 Å². The summed E-state index contributed by atoms with van der Waals surface area (Å²) in [5.74, 6) is 0. The molecule has 1 aliphatic heterocycles. The maximum atomic E-state index is 4.38. The number of allylic oxidation sites excluding steroid dienone is 2. The number of aliphatic imine (C=N–C) groups is 1. The van der Waals surface area contributed by atoms with Crippen molar-refractivity contribution in [1.82, 2.24) is 0 Å². The fourth-order valence-corrected chi connectivity index (χ4v) is 2.54. The molecule has 1 unspecified atom stereocenters. The Morgan fingerprint density at radius 1 is 1.73 bits per heavy atom. The van der Waals surface area contributed by atoms with Crippen LogP contribution in [0.5, 0.6) is 0 Å². The highest BCUT2D eigenvalue weighted by atomic mass is 32.1. The Hall–Kier alpha value is -0.370. The zero-order chi connectivity index (χ0) is 7.73. The van der Waals surface area contributed by atoms with E-state index in [0.29, 0.717) is 10.8 Å². The first-order valence-electron chi connectivity index (χ1n) is 4.01. The first-order valence-corrected chi connectivity index (χ1v) is 5.04. The molecule has 1 nitrogen and oxygen atoms in total. The van der Waals surface area contributed by atoms with Crippen LogP contribution >= 0.6 is 11.4 Å². The van der Waals surface area contributed by atoms with Gasteiger partial charge in [-0.15, -0.1) is 0 Å². The van der Waals surface area contributed by atoms with Crippen molar-refractivity contribution in [3.8, 4) is 0 Å². The van der Waals surface area contributed by atoms with E-state index < -0.39 is 0 Å². The summed E-state index contributed by atoms with van der Waals surface area (Å²) in [6.07, 6.45) is 8.97. The molecule has 0 saturated carbocycles. The summed E-state index contributed by atoms with van der Waals surface area (Å²) < 4.78 is 0. The largest absolute Gasteiger partial charge is 0.279 e.